The predicted molar refractivity (Wildman–Crippen MR) is 48.4 cm³/mol. The van der Waals surface area contributed by atoms with E-state index in [-0.39, 0.29) is 5.82 Å². The molecule has 0 aromatic heterocycles. The quantitative estimate of drug-likeness (QED) is 0.764. The van der Waals surface area contributed by atoms with Gasteiger partial charge in [-0.25, -0.2) is 4.39 Å². The van der Waals surface area contributed by atoms with Crippen molar-refractivity contribution < 1.29 is 4.39 Å². The Morgan fingerprint density at radius 1 is 1.45 bits per heavy atom. The zero-order valence-corrected chi connectivity index (χ0v) is 8.00. The summed E-state index contributed by atoms with van der Waals surface area (Å²) in [5.74, 6) is -0.236. The van der Waals surface area contributed by atoms with E-state index in [0.717, 1.165) is 11.3 Å². The maximum atomic E-state index is 12.9. The van der Waals surface area contributed by atoms with Gasteiger partial charge in [0.05, 0.1) is 4.47 Å². The molecule has 1 aromatic carbocycles. The largest absolute Gasteiger partial charge is 0.388 e. The number of aryl methyl sites for hydroxylation is 1. The summed E-state index contributed by atoms with van der Waals surface area (Å²) in [6.07, 6.45) is 0. The van der Waals surface area contributed by atoms with Gasteiger partial charge in [-0.15, -0.1) is 0 Å². The molecule has 3 heteroatoms. The Hall–Kier alpha value is -0.570. The smallest absolute Gasteiger partial charge is 0.139 e. The number of hydrogen-bond acceptors (Lipinski definition) is 1. The van der Waals surface area contributed by atoms with Crippen LogP contribution in [0.1, 0.15) is 5.56 Å². The van der Waals surface area contributed by atoms with Gasteiger partial charge in [0, 0.05) is 12.7 Å². The van der Waals surface area contributed by atoms with Gasteiger partial charge in [0.2, 0.25) is 0 Å². The van der Waals surface area contributed by atoms with Crippen LogP contribution in [-0.2, 0) is 0 Å². The average Bonchev–Trinajstić information content (AvgIpc) is 1.97. The van der Waals surface area contributed by atoms with Crippen LogP contribution >= 0.6 is 15.9 Å². The molecule has 0 spiro atoms. The lowest BCUT2D eigenvalue weighted by molar-refractivity contribution is 0.621. The molecule has 1 rings (SSSR count). The molecule has 0 aliphatic heterocycles. The van der Waals surface area contributed by atoms with Crippen molar-refractivity contribution >= 4 is 21.6 Å². The first kappa shape index (κ1) is 8.53. The first-order valence-corrected chi connectivity index (χ1v) is 4.08. The van der Waals surface area contributed by atoms with E-state index in [2.05, 4.69) is 21.2 Å². The molecule has 0 bridgehead atoms. The summed E-state index contributed by atoms with van der Waals surface area (Å²) in [6, 6.07) is 3.22. The molecule has 11 heavy (non-hydrogen) atoms. The second-order valence-electron chi connectivity index (χ2n) is 2.33. The molecule has 1 N–H and O–H groups in total. The van der Waals surface area contributed by atoms with Crippen molar-refractivity contribution in [1.29, 1.82) is 0 Å². The molecule has 1 aromatic rings. The third kappa shape index (κ3) is 1.71. The lowest BCUT2D eigenvalue weighted by Gasteiger charge is -2.05. The fourth-order valence-corrected chi connectivity index (χ4v) is 1.37. The van der Waals surface area contributed by atoms with Gasteiger partial charge in [0.15, 0.2) is 0 Å². The minimum atomic E-state index is -0.236. The van der Waals surface area contributed by atoms with Gasteiger partial charge in [-0.2, -0.15) is 0 Å². The van der Waals surface area contributed by atoms with Gasteiger partial charge in [-0.3, -0.25) is 0 Å². The summed E-state index contributed by atoms with van der Waals surface area (Å²) < 4.78 is 13.4. The molecule has 0 saturated carbocycles. The Morgan fingerprint density at radius 2 is 2.09 bits per heavy atom. The molecule has 0 radical (unpaired) electrons. The highest BCUT2D eigenvalue weighted by Gasteiger charge is 2.02. The molecule has 0 heterocycles. The number of anilines is 1. The first-order valence-electron chi connectivity index (χ1n) is 3.28. The molecule has 0 unspecified atom stereocenters. The SMILES string of the molecule is CNc1cc(F)c(Br)cc1C. The van der Waals surface area contributed by atoms with Crippen molar-refractivity contribution in [1.82, 2.24) is 0 Å². The standard InChI is InChI=1S/C8H9BrFN/c1-5-3-6(9)7(10)4-8(5)11-2/h3-4,11H,1-2H3. The number of hydrogen-bond donors (Lipinski definition) is 1. The number of benzene rings is 1. The highest BCUT2D eigenvalue weighted by Crippen LogP contribution is 2.23. The van der Waals surface area contributed by atoms with Crippen LogP contribution in [0.25, 0.3) is 0 Å². The molecular weight excluding hydrogens is 209 g/mol. The minimum absolute atomic E-state index is 0.236. The maximum Gasteiger partial charge on any atom is 0.139 e. The minimum Gasteiger partial charge on any atom is -0.388 e. The van der Waals surface area contributed by atoms with Crippen LogP contribution in [0.3, 0.4) is 0 Å². The molecule has 0 fully saturated rings. The van der Waals surface area contributed by atoms with Crippen molar-refractivity contribution in [3.8, 4) is 0 Å². The second kappa shape index (κ2) is 3.22. The highest BCUT2D eigenvalue weighted by atomic mass is 79.9. The Labute approximate surface area is 73.7 Å². The van der Waals surface area contributed by atoms with Gasteiger partial charge in [-0.1, -0.05) is 0 Å². The summed E-state index contributed by atoms with van der Waals surface area (Å²) in [5, 5.41) is 2.90. The van der Waals surface area contributed by atoms with Gasteiger partial charge >= 0.3 is 0 Å². The second-order valence-corrected chi connectivity index (χ2v) is 3.19. The van der Waals surface area contributed by atoms with E-state index < -0.39 is 0 Å². The van der Waals surface area contributed by atoms with E-state index in [4.69, 9.17) is 0 Å². The molecule has 0 aliphatic carbocycles. The number of halogens is 2. The van der Waals surface area contributed by atoms with E-state index >= 15 is 0 Å². The fourth-order valence-electron chi connectivity index (χ4n) is 0.916. The van der Waals surface area contributed by atoms with Crippen LogP contribution in [0.15, 0.2) is 16.6 Å². The normalized spacial score (nSPS) is 9.82. The zero-order chi connectivity index (χ0) is 8.43. The molecule has 0 aliphatic rings. The van der Waals surface area contributed by atoms with E-state index in [1.807, 2.05) is 6.92 Å². The van der Waals surface area contributed by atoms with Crippen LogP contribution in [0.4, 0.5) is 10.1 Å². The van der Waals surface area contributed by atoms with Crippen molar-refractivity contribution in [2.45, 2.75) is 6.92 Å². The van der Waals surface area contributed by atoms with Crippen molar-refractivity contribution in [3.63, 3.8) is 0 Å². The monoisotopic (exact) mass is 217 g/mol. The summed E-state index contributed by atoms with van der Waals surface area (Å²) in [6.45, 7) is 1.93. The Kier molecular flexibility index (Phi) is 2.49. The van der Waals surface area contributed by atoms with Gasteiger partial charge < -0.3 is 5.32 Å². The van der Waals surface area contributed by atoms with E-state index in [1.54, 1.807) is 13.1 Å². The van der Waals surface area contributed by atoms with Crippen LogP contribution in [-0.4, -0.2) is 7.05 Å². The predicted octanol–water partition coefficient (Wildman–Crippen LogP) is 2.94. The molecular formula is C8H9BrFN. The Morgan fingerprint density at radius 3 is 2.64 bits per heavy atom. The summed E-state index contributed by atoms with van der Waals surface area (Å²) >= 11 is 3.11. The topological polar surface area (TPSA) is 12.0 Å². The van der Waals surface area contributed by atoms with Gasteiger partial charge in [-0.05, 0) is 40.5 Å². The third-order valence-electron chi connectivity index (χ3n) is 1.54. The molecule has 60 valence electrons. The van der Waals surface area contributed by atoms with Crippen LogP contribution in [0.2, 0.25) is 0 Å². The molecule has 0 saturated heterocycles. The summed E-state index contributed by atoms with van der Waals surface area (Å²) in [4.78, 5) is 0. The Balaban J connectivity index is 3.21. The highest BCUT2D eigenvalue weighted by molar-refractivity contribution is 9.10. The summed E-state index contributed by atoms with van der Waals surface area (Å²) in [7, 11) is 1.77. The van der Waals surface area contributed by atoms with Gasteiger partial charge in [0.1, 0.15) is 5.82 Å². The van der Waals surface area contributed by atoms with Crippen LogP contribution in [0.5, 0.6) is 0 Å². The van der Waals surface area contributed by atoms with E-state index in [0.29, 0.717) is 4.47 Å². The summed E-state index contributed by atoms with van der Waals surface area (Å²) in [5.41, 5.74) is 1.85. The maximum absolute atomic E-state index is 12.9. The lowest BCUT2D eigenvalue weighted by Crippen LogP contribution is -1.92. The van der Waals surface area contributed by atoms with Crippen molar-refractivity contribution in [2.75, 3.05) is 12.4 Å². The van der Waals surface area contributed by atoms with Crippen molar-refractivity contribution in [3.05, 3.63) is 28.0 Å². The van der Waals surface area contributed by atoms with Crippen LogP contribution < -0.4 is 5.32 Å². The molecule has 0 amide bonds. The average molecular weight is 218 g/mol. The van der Waals surface area contributed by atoms with E-state index in [1.165, 1.54) is 6.07 Å². The number of nitrogens with one attached hydrogen (secondary N) is 1. The first-order chi connectivity index (χ1) is 5.15. The van der Waals surface area contributed by atoms with E-state index in [9.17, 15) is 4.39 Å². The molecule has 0 atom stereocenters. The van der Waals surface area contributed by atoms with Gasteiger partial charge in [0.25, 0.3) is 0 Å². The third-order valence-corrected chi connectivity index (χ3v) is 2.14. The van der Waals surface area contributed by atoms with Crippen LogP contribution in [0, 0.1) is 12.7 Å². The fraction of sp³-hybridized carbons (Fsp3) is 0.250. The Bertz CT molecular complexity index is 273. The number of rotatable bonds is 1. The lowest BCUT2D eigenvalue weighted by atomic mass is 10.2. The molecule has 1 nitrogen and oxygen atoms in total. The zero-order valence-electron chi connectivity index (χ0n) is 6.41. The van der Waals surface area contributed by atoms with Crippen molar-refractivity contribution in [2.24, 2.45) is 0 Å².